The van der Waals surface area contributed by atoms with E-state index < -0.39 is 0 Å². The summed E-state index contributed by atoms with van der Waals surface area (Å²) in [6, 6.07) is 8.48. The van der Waals surface area contributed by atoms with E-state index in [-0.39, 0.29) is 0 Å². The molecule has 0 saturated carbocycles. The zero-order valence-electron chi connectivity index (χ0n) is 11.6. The lowest BCUT2D eigenvalue weighted by Crippen LogP contribution is -2.16. The van der Waals surface area contributed by atoms with Crippen LogP contribution in [0.25, 0.3) is 0 Å². The molecule has 0 bridgehead atoms. The molecular formula is C15H21N3O. The van der Waals surface area contributed by atoms with Crippen LogP contribution in [0.15, 0.2) is 36.7 Å². The molecule has 1 N–H and O–H groups in total. The summed E-state index contributed by atoms with van der Waals surface area (Å²) in [7, 11) is 3.66. The third kappa shape index (κ3) is 4.50. The zero-order chi connectivity index (χ0) is 13.5. The Hall–Kier alpha value is -1.65. The summed E-state index contributed by atoms with van der Waals surface area (Å²) in [6.45, 7) is 2.52. The van der Waals surface area contributed by atoms with Crippen LogP contribution in [0, 0.1) is 0 Å². The van der Waals surface area contributed by atoms with Gasteiger partial charge in [-0.25, -0.2) is 0 Å². The monoisotopic (exact) mass is 259 g/mol. The number of aromatic nitrogens is 2. The summed E-state index contributed by atoms with van der Waals surface area (Å²) in [4.78, 5) is 0. The van der Waals surface area contributed by atoms with Crippen molar-refractivity contribution >= 4 is 0 Å². The van der Waals surface area contributed by atoms with E-state index in [1.807, 2.05) is 17.9 Å². The van der Waals surface area contributed by atoms with Crippen molar-refractivity contribution in [2.75, 3.05) is 13.7 Å². The summed E-state index contributed by atoms with van der Waals surface area (Å²) in [5.74, 6) is 0. The molecule has 1 aromatic heterocycles. The van der Waals surface area contributed by atoms with Gasteiger partial charge in [-0.3, -0.25) is 4.68 Å². The number of benzene rings is 1. The lowest BCUT2D eigenvalue weighted by Gasteiger charge is -2.06. The molecule has 2 aromatic rings. The molecule has 102 valence electrons. The number of aryl methyl sites for hydroxylation is 1. The van der Waals surface area contributed by atoms with Crippen LogP contribution >= 0.6 is 0 Å². The fraction of sp³-hybridized carbons (Fsp3) is 0.400. The number of hydrogen-bond donors (Lipinski definition) is 1. The first-order chi connectivity index (χ1) is 9.28. The van der Waals surface area contributed by atoms with Crippen LogP contribution < -0.4 is 5.32 Å². The van der Waals surface area contributed by atoms with Crippen molar-refractivity contribution in [2.24, 2.45) is 7.05 Å². The Bertz CT molecular complexity index is 508. The second-order valence-electron chi connectivity index (χ2n) is 4.70. The van der Waals surface area contributed by atoms with Gasteiger partial charge in [0.25, 0.3) is 0 Å². The molecule has 19 heavy (non-hydrogen) atoms. The van der Waals surface area contributed by atoms with Crippen molar-refractivity contribution in [3.63, 3.8) is 0 Å². The van der Waals surface area contributed by atoms with Gasteiger partial charge in [0.15, 0.2) is 0 Å². The lowest BCUT2D eigenvalue weighted by atomic mass is 10.1. The van der Waals surface area contributed by atoms with E-state index in [2.05, 4.69) is 40.9 Å². The third-order valence-electron chi connectivity index (χ3n) is 2.98. The van der Waals surface area contributed by atoms with Gasteiger partial charge in [-0.05, 0) is 29.7 Å². The summed E-state index contributed by atoms with van der Waals surface area (Å²) >= 11 is 0. The van der Waals surface area contributed by atoms with Gasteiger partial charge in [-0.1, -0.05) is 24.3 Å². The fourth-order valence-corrected chi connectivity index (χ4v) is 2.06. The van der Waals surface area contributed by atoms with Gasteiger partial charge in [0.05, 0.1) is 12.8 Å². The summed E-state index contributed by atoms with van der Waals surface area (Å²) < 4.78 is 6.98. The summed E-state index contributed by atoms with van der Waals surface area (Å²) in [5.41, 5.74) is 3.78. The van der Waals surface area contributed by atoms with Crippen molar-refractivity contribution < 1.29 is 4.74 Å². The summed E-state index contributed by atoms with van der Waals surface area (Å²) in [6.07, 6.45) is 4.98. The molecule has 0 unspecified atom stereocenters. The smallest absolute Gasteiger partial charge is 0.0713 e. The Balaban J connectivity index is 1.74. The van der Waals surface area contributed by atoms with Crippen molar-refractivity contribution in [2.45, 2.75) is 19.6 Å². The topological polar surface area (TPSA) is 39.1 Å². The Morgan fingerprint density at radius 1 is 1.26 bits per heavy atom. The molecule has 0 aliphatic rings. The van der Waals surface area contributed by atoms with E-state index in [1.165, 1.54) is 16.7 Å². The minimum atomic E-state index is 0.670. The highest BCUT2D eigenvalue weighted by atomic mass is 16.5. The zero-order valence-corrected chi connectivity index (χ0v) is 11.6. The molecular weight excluding hydrogens is 238 g/mol. The van der Waals surface area contributed by atoms with Gasteiger partial charge in [-0.2, -0.15) is 5.10 Å². The molecule has 0 aliphatic carbocycles. The molecule has 0 aliphatic heterocycles. The normalized spacial score (nSPS) is 10.8. The molecule has 1 aromatic carbocycles. The van der Waals surface area contributed by atoms with Crippen LogP contribution in [0.5, 0.6) is 0 Å². The molecule has 2 rings (SSSR count). The van der Waals surface area contributed by atoms with Gasteiger partial charge in [0.2, 0.25) is 0 Å². The van der Waals surface area contributed by atoms with Gasteiger partial charge in [-0.15, -0.1) is 0 Å². The third-order valence-corrected chi connectivity index (χ3v) is 2.98. The molecule has 0 spiro atoms. The minimum Gasteiger partial charge on any atom is -0.380 e. The van der Waals surface area contributed by atoms with Crippen LogP contribution in [-0.2, 0) is 31.4 Å². The van der Waals surface area contributed by atoms with E-state index in [9.17, 15) is 0 Å². The second kappa shape index (κ2) is 7.07. The van der Waals surface area contributed by atoms with E-state index in [0.29, 0.717) is 6.61 Å². The first-order valence-electron chi connectivity index (χ1n) is 6.53. The van der Waals surface area contributed by atoms with Crippen molar-refractivity contribution in [3.8, 4) is 0 Å². The first-order valence-corrected chi connectivity index (χ1v) is 6.53. The predicted octanol–water partition coefficient (Wildman–Crippen LogP) is 1.90. The first kappa shape index (κ1) is 13.8. The van der Waals surface area contributed by atoms with Crippen LogP contribution in [0.4, 0.5) is 0 Å². The van der Waals surface area contributed by atoms with Gasteiger partial charge >= 0.3 is 0 Å². The maximum atomic E-state index is 5.14. The fourth-order valence-electron chi connectivity index (χ4n) is 2.06. The predicted molar refractivity (Wildman–Crippen MR) is 75.8 cm³/mol. The summed E-state index contributed by atoms with van der Waals surface area (Å²) in [5, 5.41) is 7.61. The Kier molecular flexibility index (Phi) is 5.12. The highest BCUT2D eigenvalue weighted by Gasteiger charge is 1.98. The number of ether oxygens (including phenoxy) is 1. The average molecular weight is 259 g/mol. The maximum absolute atomic E-state index is 5.14. The minimum absolute atomic E-state index is 0.670. The van der Waals surface area contributed by atoms with Crippen LogP contribution in [0.3, 0.4) is 0 Å². The standard InChI is InChI=1S/C15H21N3O/c1-18-11-15(10-17-18)6-7-16-9-13-4-3-5-14(8-13)12-19-2/h3-5,8,10-11,16H,6-7,9,12H2,1-2H3. The van der Waals surface area contributed by atoms with Crippen LogP contribution in [-0.4, -0.2) is 23.4 Å². The van der Waals surface area contributed by atoms with Crippen molar-refractivity contribution in [1.29, 1.82) is 0 Å². The molecule has 1 heterocycles. The van der Waals surface area contributed by atoms with Gasteiger partial charge in [0, 0.05) is 26.9 Å². The number of methoxy groups -OCH3 is 1. The average Bonchev–Trinajstić information content (AvgIpc) is 2.82. The van der Waals surface area contributed by atoms with E-state index >= 15 is 0 Å². The molecule has 0 atom stereocenters. The van der Waals surface area contributed by atoms with E-state index in [0.717, 1.165) is 19.5 Å². The SMILES string of the molecule is COCc1cccc(CNCCc2cnn(C)c2)c1. The lowest BCUT2D eigenvalue weighted by molar-refractivity contribution is 0.185. The number of nitrogens with one attached hydrogen (secondary N) is 1. The highest BCUT2D eigenvalue weighted by molar-refractivity contribution is 5.22. The van der Waals surface area contributed by atoms with Crippen LogP contribution in [0.1, 0.15) is 16.7 Å². The molecule has 4 nitrogen and oxygen atoms in total. The van der Waals surface area contributed by atoms with E-state index in [4.69, 9.17) is 4.74 Å². The molecule has 0 saturated heterocycles. The van der Waals surface area contributed by atoms with Gasteiger partial charge < -0.3 is 10.1 Å². The number of hydrogen-bond acceptors (Lipinski definition) is 3. The van der Waals surface area contributed by atoms with Gasteiger partial charge in [0.1, 0.15) is 0 Å². The molecule has 0 radical (unpaired) electrons. The second-order valence-corrected chi connectivity index (χ2v) is 4.70. The quantitative estimate of drug-likeness (QED) is 0.772. The molecule has 0 fully saturated rings. The number of nitrogens with zero attached hydrogens (tertiary/aromatic N) is 2. The maximum Gasteiger partial charge on any atom is 0.0713 e. The Morgan fingerprint density at radius 3 is 2.84 bits per heavy atom. The molecule has 4 heteroatoms. The molecule has 0 amide bonds. The van der Waals surface area contributed by atoms with E-state index in [1.54, 1.807) is 7.11 Å². The Labute approximate surface area is 114 Å². The van der Waals surface area contributed by atoms with Crippen molar-refractivity contribution in [1.82, 2.24) is 15.1 Å². The largest absolute Gasteiger partial charge is 0.380 e. The number of rotatable bonds is 7. The van der Waals surface area contributed by atoms with Crippen LogP contribution in [0.2, 0.25) is 0 Å². The van der Waals surface area contributed by atoms with Crippen molar-refractivity contribution in [3.05, 3.63) is 53.3 Å². The Morgan fingerprint density at radius 2 is 2.11 bits per heavy atom. The highest BCUT2D eigenvalue weighted by Crippen LogP contribution is 2.06.